The number of nitrogens with zero attached hydrogens (tertiary/aromatic N) is 6. The summed E-state index contributed by atoms with van der Waals surface area (Å²) in [6, 6.07) is 6.06. The average molecular weight is 514 g/mol. The minimum Gasteiger partial charge on any atom is -0.456 e. The number of ketones is 1. The van der Waals surface area contributed by atoms with Crippen molar-refractivity contribution in [3.63, 3.8) is 0 Å². The van der Waals surface area contributed by atoms with Gasteiger partial charge in [0.2, 0.25) is 5.95 Å². The third kappa shape index (κ3) is 4.53. The van der Waals surface area contributed by atoms with Gasteiger partial charge < -0.3 is 23.9 Å². The van der Waals surface area contributed by atoms with Crippen molar-refractivity contribution in [2.45, 2.75) is 56.9 Å². The molecule has 1 aliphatic heterocycles. The highest BCUT2D eigenvalue weighted by molar-refractivity contribution is 5.85. The van der Waals surface area contributed by atoms with E-state index in [9.17, 15) is 4.79 Å². The molecule has 196 valence electrons. The lowest BCUT2D eigenvalue weighted by molar-refractivity contribution is -0.119. The molecule has 4 aromatic heterocycles. The Bertz CT molecular complexity index is 1500. The van der Waals surface area contributed by atoms with E-state index in [1.54, 1.807) is 18.5 Å². The number of anilines is 2. The third-order valence-corrected chi connectivity index (χ3v) is 7.89. The molecule has 10 nitrogen and oxygen atoms in total. The van der Waals surface area contributed by atoms with E-state index in [1.165, 1.54) is 19.3 Å². The number of aromatic nitrogens is 6. The maximum atomic E-state index is 12.2. The lowest BCUT2D eigenvalue weighted by atomic mass is 9.92. The number of hydrogen-bond donors (Lipinski definition) is 1. The van der Waals surface area contributed by atoms with Gasteiger partial charge in [-0.3, -0.25) is 9.78 Å². The van der Waals surface area contributed by atoms with E-state index in [0.717, 1.165) is 55.3 Å². The number of fused-ring (bicyclic) bond motifs is 1. The molecule has 5 heterocycles. The number of aryl methyl sites for hydroxylation is 1. The van der Waals surface area contributed by atoms with Crippen LogP contribution in [0.2, 0.25) is 0 Å². The Kier molecular flexibility index (Phi) is 5.84. The van der Waals surface area contributed by atoms with Gasteiger partial charge >= 0.3 is 0 Å². The van der Waals surface area contributed by atoms with Crippen LogP contribution >= 0.6 is 0 Å². The first-order valence-corrected chi connectivity index (χ1v) is 13.5. The van der Waals surface area contributed by atoms with E-state index >= 15 is 0 Å². The maximum Gasteiger partial charge on any atom is 0.210 e. The molecule has 38 heavy (non-hydrogen) atoms. The molecule has 1 saturated heterocycles. The number of carbonyl (C=O) groups is 1. The molecule has 0 radical (unpaired) electrons. The molecule has 1 atom stereocenters. The number of ether oxygens (including phenoxy) is 2. The van der Waals surface area contributed by atoms with Crippen molar-refractivity contribution in [3.05, 3.63) is 48.3 Å². The number of pyridine rings is 2. The van der Waals surface area contributed by atoms with Gasteiger partial charge in [-0.25, -0.2) is 9.97 Å². The summed E-state index contributed by atoms with van der Waals surface area (Å²) in [4.78, 5) is 30.7. The molecule has 0 amide bonds. The van der Waals surface area contributed by atoms with Crippen molar-refractivity contribution in [3.8, 4) is 11.5 Å². The molecule has 4 aromatic rings. The number of carbonyl (C=O) groups excluding carboxylic acids is 1. The van der Waals surface area contributed by atoms with Gasteiger partial charge in [-0.2, -0.15) is 4.98 Å². The van der Waals surface area contributed by atoms with Crippen molar-refractivity contribution < 1.29 is 14.3 Å². The van der Waals surface area contributed by atoms with Crippen LogP contribution in [-0.4, -0.2) is 48.1 Å². The number of rotatable bonds is 9. The first-order valence-electron chi connectivity index (χ1n) is 13.5. The molecular formula is C28H31N7O3. The van der Waals surface area contributed by atoms with E-state index in [4.69, 9.17) is 19.4 Å². The Morgan fingerprint density at radius 2 is 2.03 bits per heavy atom. The van der Waals surface area contributed by atoms with E-state index in [2.05, 4.69) is 26.0 Å². The van der Waals surface area contributed by atoms with Gasteiger partial charge in [0.1, 0.15) is 23.1 Å². The molecule has 2 saturated carbocycles. The molecule has 1 N–H and O–H groups in total. The van der Waals surface area contributed by atoms with Gasteiger partial charge in [-0.1, -0.05) is 0 Å². The summed E-state index contributed by atoms with van der Waals surface area (Å²) in [5.74, 6) is 4.61. The number of nitrogens with one attached hydrogen (secondary N) is 1. The third-order valence-electron chi connectivity index (χ3n) is 7.89. The predicted molar refractivity (Wildman–Crippen MR) is 141 cm³/mol. The lowest BCUT2D eigenvalue weighted by Crippen LogP contribution is -2.20. The highest BCUT2D eigenvalue weighted by Gasteiger charge is 2.30. The Morgan fingerprint density at radius 1 is 1.13 bits per heavy atom. The Labute approximate surface area is 220 Å². The summed E-state index contributed by atoms with van der Waals surface area (Å²) in [6.07, 6.45) is 12.5. The van der Waals surface area contributed by atoms with E-state index in [-0.39, 0.29) is 11.7 Å². The van der Waals surface area contributed by atoms with Gasteiger partial charge in [0, 0.05) is 62.5 Å². The Hall–Kier alpha value is -3.79. The molecule has 10 heteroatoms. The summed E-state index contributed by atoms with van der Waals surface area (Å²) in [7, 11) is 1.95. The highest BCUT2D eigenvalue weighted by Crippen LogP contribution is 2.37. The smallest absolute Gasteiger partial charge is 0.210 e. The van der Waals surface area contributed by atoms with E-state index < -0.39 is 0 Å². The zero-order valence-electron chi connectivity index (χ0n) is 21.5. The second-order valence-electron chi connectivity index (χ2n) is 10.7. The fraction of sp³-hybridized carbons (Fsp3) is 0.464. The van der Waals surface area contributed by atoms with Crippen molar-refractivity contribution in [1.29, 1.82) is 0 Å². The van der Waals surface area contributed by atoms with Crippen LogP contribution in [0.3, 0.4) is 0 Å². The molecular weight excluding hydrogens is 482 g/mol. The van der Waals surface area contributed by atoms with Crippen LogP contribution in [0.1, 0.15) is 62.0 Å². The highest BCUT2D eigenvalue weighted by atomic mass is 16.5. The molecule has 7 rings (SSSR count). The van der Waals surface area contributed by atoms with Gasteiger partial charge in [-0.05, 0) is 44.6 Å². The van der Waals surface area contributed by atoms with Crippen LogP contribution in [0.15, 0.2) is 36.8 Å². The van der Waals surface area contributed by atoms with Gasteiger partial charge in [-0.15, -0.1) is 0 Å². The largest absolute Gasteiger partial charge is 0.456 e. The quantitative estimate of drug-likeness (QED) is 0.338. The first-order chi connectivity index (χ1) is 18.6. The minimum atomic E-state index is 0.218. The second kappa shape index (κ2) is 9.50. The van der Waals surface area contributed by atoms with Gasteiger partial charge in [0.25, 0.3) is 0 Å². The van der Waals surface area contributed by atoms with Crippen LogP contribution in [0.5, 0.6) is 11.5 Å². The number of imidazole rings is 2. The lowest BCUT2D eigenvalue weighted by Gasteiger charge is -2.29. The van der Waals surface area contributed by atoms with Crippen molar-refractivity contribution in [1.82, 2.24) is 29.1 Å². The fourth-order valence-corrected chi connectivity index (χ4v) is 5.28. The van der Waals surface area contributed by atoms with Crippen molar-refractivity contribution in [2.75, 3.05) is 18.5 Å². The summed E-state index contributed by atoms with van der Waals surface area (Å²) in [5.41, 5.74) is 2.19. The summed E-state index contributed by atoms with van der Waals surface area (Å²) < 4.78 is 16.0. The predicted octanol–water partition coefficient (Wildman–Crippen LogP) is 4.85. The van der Waals surface area contributed by atoms with E-state index in [1.807, 2.05) is 23.7 Å². The standard InChI is InChI=1S/C28H31N7O3/c1-34-23-13-22(38-21-7-9-29-19(11-21)12-24(36)17-5-6-17)14-30-26(23)33-28(34)32-25-15-35(20-3-2-4-20)27(31-25)18-8-10-37-16-18/h7,9,11,13-15,17-18,20H,2-6,8,10,12,16H2,1H3,(H,30,32,33). The maximum absolute atomic E-state index is 12.2. The summed E-state index contributed by atoms with van der Waals surface area (Å²) in [5, 5.41) is 3.42. The topological polar surface area (TPSA) is 109 Å². The Morgan fingerprint density at radius 3 is 2.79 bits per heavy atom. The molecule has 3 aliphatic rings. The first kappa shape index (κ1) is 23.3. The van der Waals surface area contributed by atoms with Crippen molar-refractivity contribution in [2.24, 2.45) is 13.0 Å². The SMILES string of the molecule is Cn1c(Nc2cn(C3CCC3)c(C3CCOC3)n2)nc2ncc(Oc3ccnc(CC(=O)C4CC4)c3)cc21. The zero-order valence-corrected chi connectivity index (χ0v) is 21.5. The molecule has 0 aromatic carbocycles. The molecule has 0 bridgehead atoms. The second-order valence-corrected chi connectivity index (χ2v) is 10.7. The van der Waals surface area contributed by atoms with Gasteiger partial charge in [0.15, 0.2) is 11.5 Å². The van der Waals surface area contributed by atoms with Crippen LogP contribution in [0, 0.1) is 5.92 Å². The monoisotopic (exact) mass is 513 g/mol. The number of hydrogen-bond acceptors (Lipinski definition) is 8. The molecule has 1 unspecified atom stereocenters. The minimum absolute atomic E-state index is 0.218. The normalized spacial score (nSPS) is 19.6. The average Bonchev–Trinajstić information content (AvgIpc) is 3.31. The Balaban J connectivity index is 1.11. The van der Waals surface area contributed by atoms with Crippen LogP contribution < -0.4 is 10.1 Å². The fourth-order valence-electron chi connectivity index (χ4n) is 5.28. The van der Waals surface area contributed by atoms with Crippen molar-refractivity contribution >= 4 is 28.7 Å². The van der Waals surface area contributed by atoms with E-state index in [0.29, 0.717) is 41.5 Å². The van der Waals surface area contributed by atoms with Crippen LogP contribution in [-0.2, 0) is 23.0 Å². The summed E-state index contributed by atoms with van der Waals surface area (Å²) >= 11 is 0. The zero-order chi connectivity index (χ0) is 25.6. The molecule has 0 spiro atoms. The van der Waals surface area contributed by atoms with Gasteiger partial charge in [0.05, 0.1) is 24.0 Å². The number of Topliss-reactive ketones (excluding diaryl/α,β-unsaturated/α-hetero) is 1. The van der Waals surface area contributed by atoms with Crippen LogP contribution in [0.4, 0.5) is 11.8 Å². The summed E-state index contributed by atoms with van der Waals surface area (Å²) in [6.45, 7) is 1.53. The molecule has 3 fully saturated rings. The van der Waals surface area contributed by atoms with Crippen LogP contribution in [0.25, 0.3) is 11.2 Å². The molecule has 2 aliphatic carbocycles.